The minimum atomic E-state index is 0.134. The van der Waals surface area contributed by atoms with Crippen molar-refractivity contribution < 1.29 is 0 Å². The van der Waals surface area contributed by atoms with Gasteiger partial charge in [-0.1, -0.05) is 17.2 Å². The molecule has 1 aromatic heterocycles. The molecule has 0 aromatic carbocycles. The first kappa shape index (κ1) is 12.6. The van der Waals surface area contributed by atoms with Gasteiger partial charge in [0.25, 0.3) is 0 Å². The second-order valence-corrected chi connectivity index (χ2v) is 4.06. The topological polar surface area (TPSA) is 12.9 Å². The molecule has 0 aliphatic carbocycles. The van der Waals surface area contributed by atoms with Crippen LogP contribution in [0.1, 0.15) is 24.0 Å². The van der Waals surface area contributed by atoms with Gasteiger partial charge >= 0.3 is 0 Å². The highest BCUT2D eigenvalue weighted by Gasteiger charge is 2.11. The van der Waals surface area contributed by atoms with E-state index in [1.165, 1.54) is 0 Å². The largest absolute Gasteiger partial charge is 0.357 e. The molecule has 1 aromatic rings. The predicted molar refractivity (Wildman–Crippen MR) is 69.5 cm³/mol. The second kappa shape index (κ2) is 5.60. The van der Waals surface area contributed by atoms with Crippen LogP contribution in [0.15, 0.2) is 42.8 Å². The van der Waals surface area contributed by atoms with Crippen molar-refractivity contribution in [3.8, 4) is 0 Å². The molecule has 0 radical (unpaired) electrons. The first-order valence-electron chi connectivity index (χ1n) is 5.03. The predicted octanol–water partition coefficient (Wildman–Crippen LogP) is 4.25. The van der Waals surface area contributed by atoms with Crippen molar-refractivity contribution in [3.63, 3.8) is 0 Å². The highest BCUT2D eigenvalue weighted by molar-refractivity contribution is 6.30. The Morgan fingerprint density at radius 3 is 2.94 bits per heavy atom. The third-order valence-electron chi connectivity index (χ3n) is 2.46. The van der Waals surface area contributed by atoms with E-state index in [1.807, 2.05) is 26.3 Å². The number of hydrogen-bond donors (Lipinski definition) is 0. The van der Waals surface area contributed by atoms with E-state index >= 15 is 0 Å². The number of allylic oxidation sites excluding steroid dienone is 2. The molecule has 1 heterocycles. The first-order chi connectivity index (χ1) is 7.57. The summed E-state index contributed by atoms with van der Waals surface area (Å²) in [7, 11) is 0. The van der Waals surface area contributed by atoms with Gasteiger partial charge in [-0.25, -0.2) is 17.5 Å². The summed E-state index contributed by atoms with van der Waals surface area (Å²) in [6.45, 7) is 11.5. The van der Waals surface area contributed by atoms with Gasteiger partial charge in [0.15, 0.2) is 0 Å². The average Bonchev–Trinajstić information content (AvgIpc) is 2.24. The molecule has 2 heteroatoms. The molecule has 0 aliphatic rings. The molecule has 0 aliphatic heterocycles. The molecular formula is C14H15ClN-. The molecule has 0 amide bonds. The lowest BCUT2D eigenvalue weighted by Gasteiger charge is -2.22. The number of hydrogen-bond acceptors (Lipinski definition) is 1. The lowest BCUT2D eigenvalue weighted by atomic mass is 9.88. The molecule has 84 valence electrons. The zero-order valence-electron chi connectivity index (χ0n) is 9.63. The minimum Gasteiger partial charge on any atom is -0.357 e. The molecule has 1 nitrogen and oxygen atoms in total. The van der Waals surface area contributed by atoms with E-state index in [1.54, 1.807) is 12.3 Å². The van der Waals surface area contributed by atoms with Crippen LogP contribution in [0.5, 0.6) is 0 Å². The van der Waals surface area contributed by atoms with Gasteiger partial charge in [0, 0.05) is 6.20 Å². The lowest BCUT2D eigenvalue weighted by Crippen LogP contribution is -2.03. The molecular weight excluding hydrogens is 218 g/mol. The monoisotopic (exact) mass is 232 g/mol. The van der Waals surface area contributed by atoms with Crippen LogP contribution >= 0.6 is 11.6 Å². The van der Waals surface area contributed by atoms with E-state index in [-0.39, 0.29) is 5.92 Å². The summed E-state index contributed by atoms with van der Waals surface area (Å²) in [5, 5.41) is 0.541. The number of nitrogens with zero attached hydrogens (tertiary/aromatic N) is 1. The van der Waals surface area contributed by atoms with Gasteiger partial charge in [0.05, 0.1) is 0 Å². The molecule has 0 fully saturated rings. The number of halogens is 1. The Morgan fingerprint density at radius 2 is 2.38 bits per heavy atom. The third kappa shape index (κ3) is 2.79. The Balaban J connectivity index is 3.15. The van der Waals surface area contributed by atoms with Crippen molar-refractivity contribution in [2.45, 2.75) is 19.8 Å². The summed E-state index contributed by atoms with van der Waals surface area (Å²) in [5.41, 5.74) is 5.90. The highest BCUT2D eigenvalue weighted by Crippen LogP contribution is 2.30. The molecule has 0 bridgehead atoms. The van der Waals surface area contributed by atoms with Gasteiger partial charge in [-0.05, 0) is 37.0 Å². The van der Waals surface area contributed by atoms with Crippen molar-refractivity contribution in [2.24, 2.45) is 0 Å². The number of pyridine rings is 1. The Bertz CT molecular complexity index is 442. The van der Waals surface area contributed by atoms with Crippen LogP contribution in [0.25, 0.3) is 0 Å². The molecule has 0 saturated heterocycles. The standard InChI is InChI=1S/C14H15ClN/c1-5-6-7-12(10(2)3)13-8-9-16-14(15)11(13)4/h6-9,12H,1-2H2,3-4H3/q-1. The third-order valence-corrected chi connectivity index (χ3v) is 2.84. The van der Waals surface area contributed by atoms with E-state index in [0.717, 1.165) is 16.7 Å². The summed E-state index contributed by atoms with van der Waals surface area (Å²) in [6, 6.07) is 1.97. The maximum Gasteiger partial charge on any atom is 0.132 e. The van der Waals surface area contributed by atoms with Crippen molar-refractivity contribution in [1.29, 1.82) is 0 Å². The Labute approximate surface area is 102 Å². The maximum atomic E-state index is 6.00. The van der Waals surface area contributed by atoms with Crippen LogP contribution in [0, 0.1) is 13.3 Å². The number of aromatic nitrogens is 1. The van der Waals surface area contributed by atoms with E-state index < -0.39 is 0 Å². The fourth-order valence-electron chi connectivity index (χ4n) is 1.56. The van der Waals surface area contributed by atoms with Crippen molar-refractivity contribution in [3.05, 3.63) is 65.5 Å². The smallest absolute Gasteiger partial charge is 0.132 e. The Morgan fingerprint density at radius 1 is 1.69 bits per heavy atom. The summed E-state index contributed by atoms with van der Waals surface area (Å²) in [5.74, 6) is 0.134. The van der Waals surface area contributed by atoms with Gasteiger partial charge in [0.1, 0.15) is 5.15 Å². The second-order valence-electron chi connectivity index (χ2n) is 3.70. The molecule has 1 unspecified atom stereocenters. The van der Waals surface area contributed by atoms with E-state index in [0.29, 0.717) is 5.15 Å². The van der Waals surface area contributed by atoms with Crippen LogP contribution in [-0.2, 0) is 0 Å². The maximum absolute atomic E-state index is 6.00. The molecule has 1 atom stereocenters. The van der Waals surface area contributed by atoms with Crippen LogP contribution in [-0.4, -0.2) is 4.98 Å². The van der Waals surface area contributed by atoms with E-state index in [9.17, 15) is 0 Å². The van der Waals surface area contributed by atoms with Crippen molar-refractivity contribution in [2.75, 3.05) is 0 Å². The van der Waals surface area contributed by atoms with Gasteiger partial charge in [-0.2, -0.15) is 6.58 Å². The first-order valence-corrected chi connectivity index (χ1v) is 5.41. The van der Waals surface area contributed by atoms with E-state index in [2.05, 4.69) is 23.9 Å². The van der Waals surface area contributed by atoms with Gasteiger partial charge < -0.3 is 5.73 Å². The lowest BCUT2D eigenvalue weighted by molar-refractivity contribution is 0.927. The highest BCUT2D eigenvalue weighted by atomic mass is 35.5. The zero-order chi connectivity index (χ0) is 12.1. The fourth-order valence-corrected chi connectivity index (χ4v) is 1.72. The Hall–Kier alpha value is -1.43. The normalized spacial score (nSPS) is 11.4. The molecule has 16 heavy (non-hydrogen) atoms. The van der Waals surface area contributed by atoms with Gasteiger partial charge in [0.2, 0.25) is 0 Å². The summed E-state index contributed by atoms with van der Waals surface area (Å²) in [6.07, 6.45) is 5.52. The summed E-state index contributed by atoms with van der Waals surface area (Å²) >= 11 is 6.00. The van der Waals surface area contributed by atoms with E-state index in [4.69, 9.17) is 11.6 Å². The van der Waals surface area contributed by atoms with Gasteiger partial charge in [-0.15, -0.1) is 6.58 Å². The average molecular weight is 233 g/mol. The minimum absolute atomic E-state index is 0.134. The Kier molecular flexibility index (Phi) is 4.42. The molecule has 0 N–H and O–H groups in total. The SMILES string of the molecule is C=C=C[CH-]C(C(=C)C)c1ccnc(Cl)c1C. The van der Waals surface area contributed by atoms with Gasteiger partial charge in [-0.3, -0.25) is 0 Å². The number of rotatable bonds is 4. The zero-order valence-corrected chi connectivity index (χ0v) is 10.4. The van der Waals surface area contributed by atoms with Crippen molar-refractivity contribution in [1.82, 2.24) is 4.98 Å². The van der Waals surface area contributed by atoms with Crippen molar-refractivity contribution >= 4 is 11.6 Å². The summed E-state index contributed by atoms with van der Waals surface area (Å²) in [4.78, 5) is 4.05. The molecule has 1 rings (SSSR count). The molecule has 0 spiro atoms. The van der Waals surface area contributed by atoms with Crippen LogP contribution in [0.3, 0.4) is 0 Å². The van der Waals surface area contributed by atoms with Crippen LogP contribution < -0.4 is 0 Å². The van der Waals surface area contributed by atoms with Crippen LogP contribution in [0.4, 0.5) is 0 Å². The quantitative estimate of drug-likeness (QED) is 0.327. The summed E-state index contributed by atoms with van der Waals surface area (Å²) < 4.78 is 0. The fraction of sp³-hybridized carbons (Fsp3) is 0.214. The van der Waals surface area contributed by atoms with Crippen LogP contribution in [0.2, 0.25) is 5.15 Å². The molecule has 0 saturated carbocycles.